The molecule has 1 N–H and O–H groups in total. The van der Waals surface area contributed by atoms with E-state index in [-0.39, 0.29) is 5.97 Å². The van der Waals surface area contributed by atoms with Crippen LogP contribution in [0.2, 0.25) is 0 Å². The Bertz CT molecular complexity index is 366. The number of aromatic nitrogens is 1. The molecule has 0 unspecified atom stereocenters. The molecule has 0 aromatic carbocycles. The molecular formula is C11H18N2O3S. The highest BCUT2D eigenvalue weighted by Gasteiger charge is 2.18. The Morgan fingerprint density at radius 1 is 1.47 bits per heavy atom. The number of carbonyl (C=O) groups excluding carboxylic acids is 1. The molecule has 0 aliphatic rings. The van der Waals surface area contributed by atoms with Gasteiger partial charge in [0.1, 0.15) is 9.88 Å². The Morgan fingerprint density at radius 3 is 2.82 bits per heavy atom. The van der Waals surface area contributed by atoms with Gasteiger partial charge in [-0.25, -0.2) is 9.78 Å². The van der Waals surface area contributed by atoms with Crippen LogP contribution in [0, 0.1) is 0 Å². The van der Waals surface area contributed by atoms with Crippen LogP contribution >= 0.6 is 11.3 Å². The lowest BCUT2D eigenvalue weighted by molar-refractivity contribution is 0.0601. The van der Waals surface area contributed by atoms with Gasteiger partial charge in [0, 0.05) is 13.7 Å². The lowest BCUT2D eigenvalue weighted by Crippen LogP contribution is -2.13. The first-order chi connectivity index (χ1) is 8.22. The summed E-state index contributed by atoms with van der Waals surface area (Å²) in [6.45, 7) is 4.04. The zero-order valence-electron chi connectivity index (χ0n) is 10.4. The number of rotatable bonds is 7. The average molecular weight is 258 g/mol. The Labute approximate surface area is 105 Å². The standard InChI is InChI=1S/C11H18N2O3S/c1-4-5-12-6-9-13-8(7-15-2)10(17-9)11(14)16-3/h12H,4-7H2,1-3H3. The number of hydrogen-bond acceptors (Lipinski definition) is 6. The maximum absolute atomic E-state index is 11.5. The van der Waals surface area contributed by atoms with Crippen LogP contribution in [-0.4, -0.2) is 31.7 Å². The van der Waals surface area contributed by atoms with E-state index in [4.69, 9.17) is 9.47 Å². The van der Waals surface area contributed by atoms with E-state index < -0.39 is 0 Å². The van der Waals surface area contributed by atoms with Crippen molar-refractivity contribution in [2.75, 3.05) is 20.8 Å². The molecule has 5 nitrogen and oxygen atoms in total. The molecule has 17 heavy (non-hydrogen) atoms. The van der Waals surface area contributed by atoms with Crippen LogP contribution in [0.15, 0.2) is 0 Å². The van der Waals surface area contributed by atoms with Gasteiger partial charge in [-0.3, -0.25) is 0 Å². The van der Waals surface area contributed by atoms with Crippen molar-refractivity contribution in [3.8, 4) is 0 Å². The van der Waals surface area contributed by atoms with Gasteiger partial charge in [-0.2, -0.15) is 0 Å². The van der Waals surface area contributed by atoms with Crippen molar-refractivity contribution in [2.24, 2.45) is 0 Å². The van der Waals surface area contributed by atoms with Crippen LogP contribution in [0.1, 0.15) is 33.7 Å². The first kappa shape index (κ1) is 14.1. The molecule has 0 aliphatic carbocycles. The lowest BCUT2D eigenvalue weighted by atomic mass is 10.4. The molecule has 0 spiro atoms. The second-order valence-corrected chi connectivity index (χ2v) is 4.57. The fourth-order valence-corrected chi connectivity index (χ4v) is 2.29. The minimum atomic E-state index is -0.351. The van der Waals surface area contributed by atoms with E-state index in [0.29, 0.717) is 23.7 Å². The van der Waals surface area contributed by atoms with Crippen molar-refractivity contribution in [2.45, 2.75) is 26.5 Å². The Hall–Kier alpha value is -0.980. The fraction of sp³-hybridized carbons (Fsp3) is 0.636. The van der Waals surface area contributed by atoms with Crippen LogP contribution in [0.3, 0.4) is 0 Å². The largest absolute Gasteiger partial charge is 0.465 e. The average Bonchev–Trinajstić information content (AvgIpc) is 2.72. The number of nitrogens with one attached hydrogen (secondary N) is 1. The summed E-state index contributed by atoms with van der Waals surface area (Å²) >= 11 is 1.35. The second-order valence-electron chi connectivity index (χ2n) is 3.48. The van der Waals surface area contributed by atoms with Crippen LogP contribution in [0.4, 0.5) is 0 Å². The quantitative estimate of drug-likeness (QED) is 0.594. The van der Waals surface area contributed by atoms with E-state index in [1.165, 1.54) is 18.4 Å². The second kappa shape index (κ2) is 7.37. The number of esters is 1. The van der Waals surface area contributed by atoms with E-state index >= 15 is 0 Å². The monoisotopic (exact) mass is 258 g/mol. The van der Waals surface area contributed by atoms with Gasteiger partial charge in [-0.15, -0.1) is 11.3 Å². The number of thiazole rings is 1. The third kappa shape index (κ3) is 4.07. The zero-order chi connectivity index (χ0) is 12.7. The Kier molecular flexibility index (Phi) is 6.10. The van der Waals surface area contributed by atoms with Gasteiger partial charge < -0.3 is 14.8 Å². The van der Waals surface area contributed by atoms with Crippen molar-refractivity contribution in [3.05, 3.63) is 15.6 Å². The number of methoxy groups -OCH3 is 2. The number of carbonyl (C=O) groups is 1. The van der Waals surface area contributed by atoms with Crippen molar-refractivity contribution >= 4 is 17.3 Å². The smallest absolute Gasteiger partial charge is 0.350 e. The molecule has 0 atom stereocenters. The Morgan fingerprint density at radius 2 is 2.24 bits per heavy atom. The predicted octanol–water partition coefficient (Wildman–Crippen LogP) is 1.58. The molecule has 1 aromatic rings. The van der Waals surface area contributed by atoms with Gasteiger partial charge in [0.15, 0.2) is 0 Å². The number of ether oxygens (including phenoxy) is 2. The molecule has 0 radical (unpaired) electrons. The normalized spacial score (nSPS) is 10.5. The third-order valence-corrected chi connectivity index (χ3v) is 3.17. The van der Waals surface area contributed by atoms with Gasteiger partial charge in [0.2, 0.25) is 0 Å². The lowest BCUT2D eigenvalue weighted by Gasteiger charge is -1.98. The maximum atomic E-state index is 11.5. The summed E-state index contributed by atoms with van der Waals surface area (Å²) in [5.74, 6) is -0.351. The predicted molar refractivity (Wildman–Crippen MR) is 66.2 cm³/mol. The van der Waals surface area contributed by atoms with Gasteiger partial charge in [0.25, 0.3) is 0 Å². The van der Waals surface area contributed by atoms with E-state index in [1.54, 1.807) is 7.11 Å². The third-order valence-electron chi connectivity index (χ3n) is 2.10. The minimum Gasteiger partial charge on any atom is -0.465 e. The van der Waals surface area contributed by atoms with Gasteiger partial charge in [-0.1, -0.05) is 6.92 Å². The molecule has 1 heterocycles. The van der Waals surface area contributed by atoms with Crippen LogP contribution < -0.4 is 5.32 Å². The topological polar surface area (TPSA) is 60.5 Å². The van der Waals surface area contributed by atoms with Crippen molar-refractivity contribution in [1.29, 1.82) is 0 Å². The van der Waals surface area contributed by atoms with Gasteiger partial charge >= 0.3 is 5.97 Å². The summed E-state index contributed by atoms with van der Waals surface area (Å²) in [6, 6.07) is 0. The molecule has 0 fully saturated rings. The summed E-state index contributed by atoms with van der Waals surface area (Å²) in [6.07, 6.45) is 1.07. The molecular weight excluding hydrogens is 240 g/mol. The molecule has 1 rings (SSSR count). The summed E-state index contributed by atoms with van der Waals surface area (Å²) in [5, 5.41) is 4.13. The van der Waals surface area contributed by atoms with Crippen LogP contribution in [-0.2, 0) is 22.6 Å². The van der Waals surface area contributed by atoms with Crippen LogP contribution in [0.25, 0.3) is 0 Å². The van der Waals surface area contributed by atoms with Crippen molar-refractivity contribution < 1.29 is 14.3 Å². The van der Waals surface area contributed by atoms with Crippen molar-refractivity contribution in [3.63, 3.8) is 0 Å². The molecule has 6 heteroatoms. The first-order valence-electron chi connectivity index (χ1n) is 5.49. The van der Waals surface area contributed by atoms with Gasteiger partial charge in [0.05, 0.1) is 19.4 Å². The molecule has 0 amide bonds. The van der Waals surface area contributed by atoms with E-state index in [0.717, 1.165) is 18.0 Å². The molecule has 0 bridgehead atoms. The summed E-state index contributed by atoms with van der Waals surface area (Å²) in [4.78, 5) is 16.4. The summed E-state index contributed by atoms with van der Waals surface area (Å²) in [7, 11) is 2.95. The highest BCUT2D eigenvalue weighted by atomic mass is 32.1. The minimum absolute atomic E-state index is 0.328. The SMILES string of the molecule is CCCNCc1nc(COC)c(C(=O)OC)s1. The molecule has 96 valence electrons. The maximum Gasteiger partial charge on any atom is 0.350 e. The molecule has 0 saturated carbocycles. The number of nitrogens with zero attached hydrogens (tertiary/aromatic N) is 1. The fourth-order valence-electron chi connectivity index (χ4n) is 1.34. The van der Waals surface area contributed by atoms with E-state index in [9.17, 15) is 4.79 Å². The van der Waals surface area contributed by atoms with Gasteiger partial charge in [-0.05, 0) is 13.0 Å². The zero-order valence-corrected chi connectivity index (χ0v) is 11.2. The number of hydrogen-bond donors (Lipinski definition) is 1. The molecule has 1 aromatic heterocycles. The molecule has 0 aliphatic heterocycles. The van der Waals surface area contributed by atoms with E-state index in [1.807, 2.05) is 0 Å². The highest BCUT2D eigenvalue weighted by Crippen LogP contribution is 2.20. The summed E-state index contributed by atoms with van der Waals surface area (Å²) in [5.41, 5.74) is 0.651. The molecule has 0 saturated heterocycles. The van der Waals surface area contributed by atoms with E-state index in [2.05, 4.69) is 17.2 Å². The summed E-state index contributed by atoms with van der Waals surface area (Å²) < 4.78 is 9.74. The Balaban J connectivity index is 2.76. The highest BCUT2D eigenvalue weighted by molar-refractivity contribution is 7.13. The van der Waals surface area contributed by atoms with Crippen molar-refractivity contribution in [1.82, 2.24) is 10.3 Å². The first-order valence-corrected chi connectivity index (χ1v) is 6.31. The van der Waals surface area contributed by atoms with Crippen LogP contribution in [0.5, 0.6) is 0 Å².